The van der Waals surface area contributed by atoms with Crippen LogP contribution in [-0.2, 0) is 17.6 Å². The first-order chi connectivity index (χ1) is 13.7. The zero-order valence-electron chi connectivity index (χ0n) is 18.0. The summed E-state index contributed by atoms with van der Waals surface area (Å²) in [5, 5.41) is 0. The predicted octanol–water partition coefficient (Wildman–Crippen LogP) is 7.21. The van der Waals surface area contributed by atoms with Crippen molar-refractivity contribution < 1.29 is 9.13 Å². The van der Waals surface area contributed by atoms with Crippen molar-refractivity contribution in [2.24, 2.45) is 17.8 Å². The Morgan fingerprint density at radius 2 is 1.79 bits per heavy atom. The Balaban J connectivity index is 1.39. The molecule has 1 aromatic rings. The van der Waals surface area contributed by atoms with E-state index < -0.39 is 0 Å². The van der Waals surface area contributed by atoms with E-state index in [1.54, 1.807) is 0 Å². The van der Waals surface area contributed by atoms with Crippen molar-refractivity contribution >= 4 is 0 Å². The molecule has 5 unspecified atom stereocenters. The van der Waals surface area contributed by atoms with E-state index in [0.29, 0.717) is 12.0 Å². The topological polar surface area (TPSA) is 9.23 Å². The number of ether oxygens (including phenoxy) is 1. The Labute approximate surface area is 171 Å². The molecule has 1 aromatic carbocycles. The van der Waals surface area contributed by atoms with Gasteiger partial charge >= 0.3 is 0 Å². The van der Waals surface area contributed by atoms with E-state index in [4.69, 9.17) is 4.74 Å². The molecule has 28 heavy (non-hydrogen) atoms. The van der Waals surface area contributed by atoms with E-state index in [-0.39, 0.29) is 5.82 Å². The Bertz CT molecular complexity index is 654. The number of rotatable bonds is 6. The minimum Gasteiger partial charge on any atom is -0.378 e. The second kappa shape index (κ2) is 9.28. The summed E-state index contributed by atoms with van der Waals surface area (Å²) in [7, 11) is 0. The first-order valence-electron chi connectivity index (χ1n) is 12.1. The molecule has 0 heterocycles. The molecule has 156 valence electrons. The van der Waals surface area contributed by atoms with Crippen LogP contribution in [0.25, 0.3) is 0 Å². The van der Waals surface area contributed by atoms with Crippen LogP contribution in [0.4, 0.5) is 4.39 Å². The largest absolute Gasteiger partial charge is 0.378 e. The number of aryl methyl sites for hydroxylation is 1. The van der Waals surface area contributed by atoms with Gasteiger partial charge in [0, 0.05) is 6.61 Å². The van der Waals surface area contributed by atoms with Crippen LogP contribution in [-0.4, -0.2) is 12.7 Å². The molecule has 3 aliphatic rings. The molecular weight excluding hydrogens is 347 g/mol. The molecule has 2 saturated carbocycles. The van der Waals surface area contributed by atoms with Crippen LogP contribution in [0, 0.1) is 23.6 Å². The molecule has 0 radical (unpaired) electrons. The lowest BCUT2D eigenvalue weighted by atomic mass is 9.65. The van der Waals surface area contributed by atoms with Gasteiger partial charge in [-0.05, 0) is 111 Å². The quantitative estimate of drug-likeness (QED) is 0.469. The van der Waals surface area contributed by atoms with Crippen molar-refractivity contribution in [2.75, 3.05) is 6.61 Å². The summed E-state index contributed by atoms with van der Waals surface area (Å²) < 4.78 is 21.2. The van der Waals surface area contributed by atoms with E-state index >= 15 is 4.39 Å². The minimum absolute atomic E-state index is 0.0792. The summed E-state index contributed by atoms with van der Waals surface area (Å²) in [6.45, 7) is 5.42. The standard InChI is InChI=1S/C26H39FO/c1-3-5-12-28-24-11-10-19-14-22(9-8-20(19)15-24)25-16-21-7-6-18(4-2)13-23(21)17-26(25)27/h16-20,22,24H,3-15H2,1-2H3. The second-order valence-electron chi connectivity index (χ2n) is 9.85. The first kappa shape index (κ1) is 20.4. The number of halogens is 1. The Morgan fingerprint density at radius 3 is 2.61 bits per heavy atom. The van der Waals surface area contributed by atoms with Gasteiger partial charge in [0.05, 0.1) is 6.10 Å². The van der Waals surface area contributed by atoms with Gasteiger partial charge in [0.1, 0.15) is 5.82 Å². The summed E-state index contributed by atoms with van der Waals surface area (Å²) in [5.41, 5.74) is 3.77. The molecule has 3 aliphatic carbocycles. The van der Waals surface area contributed by atoms with Crippen LogP contribution in [0.1, 0.15) is 101 Å². The maximum atomic E-state index is 15.0. The van der Waals surface area contributed by atoms with Gasteiger partial charge < -0.3 is 4.74 Å². The van der Waals surface area contributed by atoms with Crippen LogP contribution in [0.3, 0.4) is 0 Å². The van der Waals surface area contributed by atoms with Crippen LogP contribution >= 0.6 is 0 Å². The smallest absolute Gasteiger partial charge is 0.126 e. The van der Waals surface area contributed by atoms with Gasteiger partial charge in [0.2, 0.25) is 0 Å². The van der Waals surface area contributed by atoms with Crippen LogP contribution in [0.5, 0.6) is 0 Å². The molecule has 4 rings (SSSR count). The van der Waals surface area contributed by atoms with Crippen molar-refractivity contribution in [3.05, 3.63) is 34.6 Å². The Hall–Kier alpha value is -0.890. The monoisotopic (exact) mass is 386 g/mol. The van der Waals surface area contributed by atoms with Gasteiger partial charge in [-0.25, -0.2) is 4.39 Å². The Morgan fingerprint density at radius 1 is 0.964 bits per heavy atom. The maximum Gasteiger partial charge on any atom is 0.126 e. The number of hydrogen-bond acceptors (Lipinski definition) is 1. The number of fused-ring (bicyclic) bond motifs is 2. The highest BCUT2D eigenvalue weighted by atomic mass is 19.1. The molecule has 5 atom stereocenters. The molecular formula is C26H39FO. The summed E-state index contributed by atoms with van der Waals surface area (Å²) in [4.78, 5) is 0. The summed E-state index contributed by atoms with van der Waals surface area (Å²) in [5.74, 6) is 2.86. The zero-order valence-corrected chi connectivity index (χ0v) is 18.0. The van der Waals surface area contributed by atoms with Gasteiger partial charge in [-0.1, -0.05) is 32.8 Å². The van der Waals surface area contributed by atoms with E-state index in [2.05, 4.69) is 19.9 Å². The zero-order chi connectivity index (χ0) is 19.5. The molecule has 0 N–H and O–H groups in total. The lowest BCUT2D eigenvalue weighted by molar-refractivity contribution is -0.0161. The molecule has 2 fully saturated rings. The minimum atomic E-state index is 0.0792. The first-order valence-corrected chi connectivity index (χ1v) is 12.1. The summed E-state index contributed by atoms with van der Waals surface area (Å²) in [6, 6.07) is 4.16. The highest BCUT2D eigenvalue weighted by molar-refractivity contribution is 5.37. The van der Waals surface area contributed by atoms with Crippen LogP contribution < -0.4 is 0 Å². The molecule has 0 aliphatic heterocycles. The van der Waals surface area contributed by atoms with E-state index in [1.165, 1.54) is 68.9 Å². The molecule has 0 aromatic heterocycles. The van der Waals surface area contributed by atoms with Gasteiger partial charge in [-0.2, -0.15) is 0 Å². The van der Waals surface area contributed by atoms with Crippen molar-refractivity contribution in [3.8, 4) is 0 Å². The van der Waals surface area contributed by atoms with Crippen LogP contribution in [0.15, 0.2) is 12.1 Å². The lowest BCUT2D eigenvalue weighted by Gasteiger charge is -2.42. The molecule has 0 bridgehead atoms. The predicted molar refractivity (Wildman–Crippen MR) is 114 cm³/mol. The van der Waals surface area contributed by atoms with E-state index in [1.807, 2.05) is 6.07 Å². The number of benzene rings is 1. The van der Waals surface area contributed by atoms with Gasteiger partial charge in [0.25, 0.3) is 0 Å². The third-order valence-corrected chi connectivity index (χ3v) is 8.08. The van der Waals surface area contributed by atoms with E-state index in [0.717, 1.165) is 49.2 Å². The number of unbranched alkanes of at least 4 members (excludes halogenated alkanes) is 1. The van der Waals surface area contributed by atoms with Gasteiger partial charge in [-0.15, -0.1) is 0 Å². The molecule has 0 amide bonds. The van der Waals surface area contributed by atoms with Crippen LogP contribution in [0.2, 0.25) is 0 Å². The maximum absolute atomic E-state index is 15.0. The fourth-order valence-electron chi connectivity index (χ4n) is 6.21. The highest BCUT2D eigenvalue weighted by Gasteiger charge is 2.37. The molecule has 0 saturated heterocycles. The SMILES string of the molecule is CCCCOC1CCC2CC(c3cc4c(cc3F)CC(CC)CC4)CCC2C1. The fourth-order valence-corrected chi connectivity index (χ4v) is 6.21. The van der Waals surface area contributed by atoms with Crippen molar-refractivity contribution in [1.29, 1.82) is 0 Å². The van der Waals surface area contributed by atoms with Gasteiger partial charge in [-0.3, -0.25) is 0 Å². The third kappa shape index (κ3) is 4.48. The highest BCUT2D eigenvalue weighted by Crippen LogP contribution is 2.47. The third-order valence-electron chi connectivity index (χ3n) is 8.08. The van der Waals surface area contributed by atoms with Crippen molar-refractivity contribution in [1.82, 2.24) is 0 Å². The van der Waals surface area contributed by atoms with Crippen molar-refractivity contribution in [3.63, 3.8) is 0 Å². The average Bonchev–Trinajstić information content (AvgIpc) is 2.72. The average molecular weight is 387 g/mol. The summed E-state index contributed by atoms with van der Waals surface area (Å²) >= 11 is 0. The summed E-state index contributed by atoms with van der Waals surface area (Å²) in [6.07, 6.45) is 15.0. The number of hydrogen-bond donors (Lipinski definition) is 0. The van der Waals surface area contributed by atoms with Gasteiger partial charge in [0.15, 0.2) is 0 Å². The fraction of sp³-hybridized carbons (Fsp3) is 0.769. The van der Waals surface area contributed by atoms with Crippen molar-refractivity contribution in [2.45, 2.75) is 103 Å². The molecule has 0 spiro atoms. The van der Waals surface area contributed by atoms with E-state index in [9.17, 15) is 0 Å². The second-order valence-corrected chi connectivity index (χ2v) is 9.85. The lowest BCUT2D eigenvalue weighted by Crippen LogP contribution is -2.34. The Kier molecular flexibility index (Phi) is 6.76. The molecule has 2 heteroatoms. The molecule has 1 nitrogen and oxygen atoms in total. The normalized spacial score (nSPS) is 32.6.